The second-order valence-electron chi connectivity index (χ2n) is 3.40. The van der Waals surface area contributed by atoms with Crippen LogP contribution < -0.4 is 0 Å². The monoisotopic (exact) mass is 201 g/mol. The van der Waals surface area contributed by atoms with E-state index in [-0.39, 0.29) is 5.82 Å². The van der Waals surface area contributed by atoms with E-state index in [1.807, 2.05) is 31.2 Å². The molecule has 76 valence electrons. The molecule has 1 aromatic heterocycles. The number of hydrogen-bond acceptors (Lipinski definition) is 1. The maximum Gasteiger partial charge on any atom is 0.131 e. The summed E-state index contributed by atoms with van der Waals surface area (Å²) in [5.41, 5.74) is 2.52. The molecule has 0 spiro atoms. The van der Waals surface area contributed by atoms with Gasteiger partial charge in [0.05, 0.1) is 0 Å². The third-order valence-corrected chi connectivity index (χ3v) is 2.43. The number of rotatable bonds is 2. The van der Waals surface area contributed by atoms with Crippen molar-refractivity contribution in [3.8, 4) is 11.1 Å². The Balaban J connectivity index is 2.46. The van der Waals surface area contributed by atoms with Gasteiger partial charge in [-0.05, 0) is 35.7 Å². The van der Waals surface area contributed by atoms with E-state index in [1.165, 1.54) is 0 Å². The number of halogens is 1. The molecule has 0 aliphatic rings. The molecule has 2 heteroatoms. The summed E-state index contributed by atoms with van der Waals surface area (Å²) >= 11 is 0. The molecule has 0 amide bonds. The van der Waals surface area contributed by atoms with Gasteiger partial charge in [-0.2, -0.15) is 0 Å². The first-order valence-corrected chi connectivity index (χ1v) is 5.00. The summed E-state index contributed by atoms with van der Waals surface area (Å²) in [5.74, 6) is -0.166. The molecule has 2 aromatic rings. The van der Waals surface area contributed by atoms with Crippen LogP contribution in [0.2, 0.25) is 0 Å². The number of benzene rings is 1. The van der Waals surface area contributed by atoms with Crippen molar-refractivity contribution in [2.45, 2.75) is 13.3 Å². The summed E-state index contributed by atoms with van der Waals surface area (Å²) in [6, 6.07) is 8.99. The zero-order valence-electron chi connectivity index (χ0n) is 8.57. The third-order valence-electron chi connectivity index (χ3n) is 2.43. The van der Waals surface area contributed by atoms with Crippen LogP contribution in [0.25, 0.3) is 11.1 Å². The maximum absolute atomic E-state index is 13.7. The lowest BCUT2D eigenvalue weighted by atomic mass is 10.0. The summed E-state index contributed by atoms with van der Waals surface area (Å²) in [6.07, 6.45) is 4.19. The van der Waals surface area contributed by atoms with Crippen molar-refractivity contribution in [3.63, 3.8) is 0 Å². The molecule has 0 unspecified atom stereocenters. The maximum atomic E-state index is 13.7. The van der Waals surface area contributed by atoms with Crippen LogP contribution in [0.4, 0.5) is 4.39 Å². The first-order chi connectivity index (χ1) is 7.31. The Labute approximate surface area is 88.6 Å². The Kier molecular flexibility index (Phi) is 2.77. The van der Waals surface area contributed by atoms with Crippen LogP contribution in [0.5, 0.6) is 0 Å². The van der Waals surface area contributed by atoms with Gasteiger partial charge in [0.15, 0.2) is 0 Å². The minimum absolute atomic E-state index is 0.166. The van der Waals surface area contributed by atoms with E-state index >= 15 is 0 Å². The van der Waals surface area contributed by atoms with Gasteiger partial charge in [0.25, 0.3) is 0 Å². The SMILES string of the molecule is CCc1ccc(-c2ccncc2)c(F)c1. The molecule has 2 rings (SSSR count). The van der Waals surface area contributed by atoms with Crippen LogP contribution in [0, 0.1) is 5.82 Å². The van der Waals surface area contributed by atoms with E-state index in [0.717, 1.165) is 17.5 Å². The molecule has 0 saturated carbocycles. The van der Waals surface area contributed by atoms with Gasteiger partial charge in [-0.3, -0.25) is 4.98 Å². The molecule has 0 saturated heterocycles. The van der Waals surface area contributed by atoms with Crippen molar-refractivity contribution >= 4 is 0 Å². The quantitative estimate of drug-likeness (QED) is 0.725. The lowest BCUT2D eigenvalue weighted by Crippen LogP contribution is -1.88. The van der Waals surface area contributed by atoms with Crippen molar-refractivity contribution in [2.24, 2.45) is 0 Å². The molecule has 0 bridgehead atoms. The van der Waals surface area contributed by atoms with Crippen LogP contribution in [-0.4, -0.2) is 4.98 Å². The molecule has 1 aromatic carbocycles. The average molecular weight is 201 g/mol. The van der Waals surface area contributed by atoms with E-state index in [1.54, 1.807) is 18.5 Å². The smallest absolute Gasteiger partial charge is 0.131 e. The predicted molar refractivity (Wildman–Crippen MR) is 59.0 cm³/mol. The average Bonchev–Trinajstić information content (AvgIpc) is 2.30. The Morgan fingerprint density at radius 2 is 1.87 bits per heavy atom. The topological polar surface area (TPSA) is 12.9 Å². The zero-order chi connectivity index (χ0) is 10.7. The molecule has 1 nitrogen and oxygen atoms in total. The van der Waals surface area contributed by atoms with E-state index in [9.17, 15) is 4.39 Å². The summed E-state index contributed by atoms with van der Waals surface area (Å²) < 4.78 is 13.7. The van der Waals surface area contributed by atoms with Crippen LogP contribution in [0.3, 0.4) is 0 Å². The number of nitrogens with zero attached hydrogens (tertiary/aromatic N) is 1. The second-order valence-corrected chi connectivity index (χ2v) is 3.40. The van der Waals surface area contributed by atoms with Gasteiger partial charge in [-0.15, -0.1) is 0 Å². The lowest BCUT2D eigenvalue weighted by molar-refractivity contribution is 0.629. The van der Waals surface area contributed by atoms with E-state index < -0.39 is 0 Å². The fourth-order valence-corrected chi connectivity index (χ4v) is 1.54. The standard InChI is InChI=1S/C13H12FN/c1-2-10-3-4-12(13(14)9-10)11-5-7-15-8-6-11/h3-9H,2H2,1H3. The van der Waals surface area contributed by atoms with Crippen LogP contribution in [0.15, 0.2) is 42.7 Å². The fourth-order valence-electron chi connectivity index (χ4n) is 1.54. The Bertz CT molecular complexity index is 451. The van der Waals surface area contributed by atoms with Gasteiger partial charge in [0.1, 0.15) is 5.82 Å². The summed E-state index contributed by atoms with van der Waals surface area (Å²) in [6.45, 7) is 2.01. The highest BCUT2D eigenvalue weighted by molar-refractivity contribution is 5.63. The second kappa shape index (κ2) is 4.22. The molecule has 0 fully saturated rings. The van der Waals surface area contributed by atoms with Crippen LogP contribution >= 0.6 is 0 Å². The van der Waals surface area contributed by atoms with Gasteiger partial charge in [0, 0.05) is 18.0 Å². The summed E-state index contributed by atoms with van der Waals surface area (Å²) in [5, 5.41) is 0. The van der Waals surface area contributed by atoms with Crippen LogP contribution in [-0.2, 0) is 6.42 Å². The number of pyridine rings is 1. The Hall–Kier alpha value is -1.70. The van der Waals surface area contributed by atoms with E-state index in [2.05, 4.69) is 4.98 Å². The molecule has 0 atom stereocenters. The molecule has 1 heterocycles. The van der Waals surface area contributed by atoms with Gasteiger partial charge >= 0.3 is 0 Å². The summed E-state index contributed by atoms with van der Waals surface area (Å²) in [4.78, 5) is 3.91. The highest BCUT2D eigenvalue weighted by atomic mass is 19.1. The Morgan fingerprint density at radius 1 is 1.13 bits per heavy atom. The molecule has 0 N–H and O–H groups in total. The van der Waals surface area contributed by atoms with E-state index in [0.29, 0.717) is 5.56 Å². The van der Waals surface area contributed by atoms with Crippen molar-refractivity contribution in [2.75, 3.05) is 0 Å². The molecular weight excluding hydrogens is 189 g/mol. The first-order valence-electron chi connectivity index (χ1n) is 5.00. The number of aromatic nitrogens is 1. The molecule has 0 aliphatic carbocycles. The van der Waals surface area contributed by atoms with Crippen LogP contribution in [0.1, 0.15) is 12.5 Å². The highest BCUT2D eigenvalue weighted by Gasteiger charge is 2.04. The molecule has 0 radical (unpaired) electrons. The van der Waals surface area contributed by atoms with Crippen molar-refractivity contribution in [1.29, 1.82) is 0 Å². The first kappa shape index (κ1) is 9.84. The van der Waals surface area contributed by atoms with Gasteiger partial charge in [-0.25, -0.2) is 4.39 Å². The highest BCUT2D eigenvalue weighted by Crippen LogP contribution is 2.22. The zero-order valence-corrected chi connectivity index (χ0v) is 8.57. The molecular formula is C13H12FN. The minimum atomic E-state index is -0.166. The van der Waals surface area contributed by atoms with Gasteiger partial charge < -0.3 is 0 Å². The molecule has 15 heavy (non-hydrogen) atoms. The third kappa shape index (κ3) is 2.04. The number of aryl methyl sites for hydroxylation is 1. The van der Waals surface area contributed by atoms with Crippen molar-refractivity contribution < 1.29 is 4.39 Å². The van der Waals surface area contributed by atoms with Crippen molar-refractivity contribution in [1.82, 2.24) is 4.98 Å². The molecule has 0 aliphatic heterocycles. The number of hydrogen-bond donors (Lipinski definition) is 0. The van der Waals surface area contributed by atoms with E-state index in [4.69, 9.17) is 0 Å². The lowest BCUT2D eigenvalue weighted by Gasteiger charge is -2.04. The largest absolute Gasteiger partial charge is 0.265 e. The minimum Gasteiger partial charge on any atom is -0.265 e. The van der Waals surface area contributed by atoms with Gasteiger partial charge in [0.2, 0.25) is 0 Å². The Morgan fingerprint density at radius 3 is 2.47 bits per heavy atom. The van der Waals surface area contributed by atoms with Crippen molar-refractivity contribution in [3.05, 3.63) is 54.1 Å². The normalized spacial score (nSPS) is 10.3. The summed E-state index contributed by atoms with van der Waals surface area (Å²) in [7, 11) is 0. The predicted octanol–water partition coefficient (Wildman–Crippen LogP) is 3.45. The fraction of sp³-hybridized carbons (Fsp3) is 0.154. The van der Waals surface area contributed by atoms with Gasteiger partial charge in [-0.1, -0.05) is 19.1 Å².